The lowest BCUT2D eigenvalue weighted by Crippen LogP contribution is -2.27. The van der Waals surface area contributed by atoms with Gasteiger partial charge in [0.05, 0.1) is 22.8 Å². The van der Waals surface area contributed by atoms with E-state index in [0.29, 0.717) is 11.6 Å². The lowest BCUT2D eigenvalue weighted by Gasteiger charge is -2.42. The molecule has 3 aliphatic rings. The highest BCUT2D eigenvalue weighted by molar-refractivity contribution is 6.07. The highest BCUT2D eigenvalue weighted by Crippen LogP contribution is 2.57. The van der Waals surface area contributed by atoms with Crippen molar-refractivity contribution in [3.05, 3.63) is 252 Å². The molecule has 2 unspecified atom stereocenters. The second-order valence-corrected chi connectivity index (χ2v) is 18.5. The second-order valence-electron chi connectivity index (χ2n) is 18.5. The molecule has 3 aliphatic carbocycles. The zero-order valence-electron chi connectivity index (χ0n) is 37.5. The summed E-state index contributed by atoms with van der Waals surface area (Å²) < 4.78 is 12.4. The van der Waals surface area contributed by atoms with Crippen molar-refractivity contribution in [1.82, 2.24) is 19.9 Å². The molecule has 13 aromatic rings. The Morgan fingerprint density at radius 2 is 0.586 bits per heavy atom. The molecule has 0 fully saturated rings. The predicted octanol–water partition coefficient (Wildman–Crippen LogP) is 16.1. The summed E-state index contributed by atoms with van der Waals surface area (Å²) in [6.45, 7) is 0. The maximum Gasteiger partial charge on any atom is 0.160 e. The first-order valence-corrected chi connectivity index (χ1v) is 23.7. The van der Waals surface area contributed by atoms with Gasteiger partial charge in [0.2, 0.25) is 0 Å². The summed E-state index contributed by atoms with van der Waals surface area (Å²) in [5.74, 6) is 1.46. The Labute approximate surface area is 402 Å². The number of fused-ring (bicyclic) bond motifs is 6. The van der Waals surface area contributed by atoms with Gasteiger partial charge in [-0.05, 0) is 106 Å². The Hall–Kier alpha value is -9.26. The maximum atomic E-state index is 6.21. The van der Waals surface area contributed by atoms with E-state index in [0.717, 1.165) is 100 Å². The summed E-state index contributed by atoms with van der Waals surface area (Å²) >= 11 is 0. The predicted molar refractivity (Wildman–Crippen MR) is 280 cm³/mol. The van der Waals surface area contributed by atoms with Gasteiger partial charge in [-0.3, -0.25) is 0 Å². The first-order chi connectivity index (χ1) is 34.6. The van der Waals surface area contributed by atoms with Gasteiger partial charge in [-0.25, -0.2) is 19.9 Å². The fourth-order valence-corrected chi connectivity index (χ4v) is 11.2. The third-order valence-corrected chi connectivity index (χ3v) is 14.5. The highest BCUT2D eigenvalue weighted by atomic mass is 16.3. The number of hydrogen-bond donors (Lipinski definition) is 0. The standard InChI is InChI=1S/C64H38N4O2/c1-3-13-37(14-4-1)63-65-53(35-55(67-63)41-25-29-59-49(31-41)43-17-9-11-21-57(43)69-59)39-23-27-47-51(33-39)61-45-19-7-8-20-46(45)62(47)52-34-40(24-28-48(52)61)54-36-56(68-64(66-54)38-15-5-2-6-16-38)42-26-30-60-50(32-42)44-18-10-12-22-58(44)70-60/h1-36,61-62H. The van der Waals surface area contributed by atoms with E-state index < -0.39 is 0 Å². The first-order valence-electron chi connectivity index (χ1n) is 23.7. The van der Waals surface area contributed by atoms with Gasteiger partial charge in [-0.15, -0.1) is 0 Å². The molecule has 16 rings (SSSR count). The van der Waals surface area contributed by atoms with Crippen LogP contribution in [0.1, 0.15) is 45.2 Å². The number of hydrogen-bond acceptors (Lipinski definition) is 6. The molecule has 4 heterocycles. The molecular formula is C64H38N4O2. The Morgan fingerprint density at radius 3 is 1.03 bits per heavy atom. The van der Waals surface area contributed by atoms with Gasteiger partial charge in [0.25, 0.3) is 0 Å². The summed E-state index contributed by atoms with van der Waals surface area (Å²) in [7, 11) is 0. The van der Waals surface area contributed by atoms with Crippen LogP contribution in [0.5, 0.6) is 0 Å². The van der Waals surface area contributed by atoms with Crippen molar-refractivity contribution in [3.63, 3.8) is 0 Å². The normalized spacial score (nSPS) is 14.6. The van der Waals surface area contributed by atoms with E-state index in [-0.39, 0.29) is 11.8 Å². The number of aromatic nitrogens is 4. The highest BCUT2D eigenvalue weighted by Gasteiger charge is 2.41. The van der Waals surface area contributed by atoms with Crippen LogP contribution in [0.3, 0.4) is 0 Å². The van der Waals surface area contributed by atoms with Gasteiger partial charge < -0.3 is 8.83 Å². The lowest BCUT2D eigenvalue weighted by molar-refractivity contribution is 0.668. The fourth-order valence-electron chi connectivity index (χ4n) is 11.2. The first kappa shape index (κ1) is 38.8. The van der Waals surface area contributed by atoms with E-state index >= 15 is 0 Å². The minimum Gasteiger partial charge on any atom is -0.456 e. The molecule has 0 spiro atoms. The SMILES string of the molecule is c1ccc(-c2nc(-c3ccc4c(c3)C3c5ccccc5C4c4cc(-c5cc(-c6ccc7oc8ccccc8c7c6)nc(-c6ccccc6)n5)ccc43)cc(-c3ccc4oc5ccccc5c4c3)n2)cc1. The average Bonchev–Trinajstić information content (AvgIpc) is 4.01. The topological polar surface area (TPSA) is 77.8 Å². The van der Waals surface area contributed by atoms with Crippen molar-refractivity contribution in [2.75, 3.05) is 0 Å². The number of nitrogens with zero attached hydrogens (tertiary/aromatic N) is 4. The van der Waals surface area contributed by atoms with Crippen molar-refractivity contribution in [3.8, 4) is 67.8 Å². The van der Waals surface area contributed by atoms with Crippen LogP contribution in [0.2, 0.25) is 0 Å². The van der Waals surface area contributed by atoms with Crippen LogP contribution in [0.15, 0.2) is 227 Å². The minimum absolute atomic E-state index is 0.0456. The van der Waals surface area contributed by atoms with Crippen LogP contribution in [0.25, 0.3) is 112 Å². The van der Waals surface area contributed by atoms with Crippen molar-refractivity contribution in [2.24, 2.45) is 0 Å². The zero-order valence-corrected chi connectivity index (χ0v) is 37.5. The molecular weight excluding hydrogens is 857 g/mol. The molecule has 6 heteroatoms. The third-order valence-electron chi connectivity index (χ3n) is 14.5. The summed E-state index contributed by atoms with van der Waals surface area (Å²) in [6.07, 6.45) is 0. The number of para-hydroxylation sites is 2. The van der Waals surface area contributed by atoms with Crippen LogP contribution in [-0.2, 0) is 0 Å². The van der Waals surface area contributed by atoms with Crippen LogP contribution in [-0.4, -0.2) is 19.9 Å². The smallest absolute Gasteiger partial charge is 0.160 e. The lowest BCUT2D eigenvalue weighted by atomic mass is 9.60. The van der Waals surface area contributed by atoms with Gasteiger partial charge in [-0.2, -0.15) is 0 Å². The molecule has 2 bridgehead atoms. The van der Waals surface area contributed by atoms with Crippen molar-refractivity contribution < 1.29 is 8.83 Å². The van der Waals surface area contributed by atoms with Gasteiger partial charge in [0.15, 0.2) is 11.6 Å². The second kappa shape index (κ2) is 15.1. The molecule has 0 aliphatic heterocycles. The molecule has 0 saturated carbocycles. The number of furan rings is 2. The molecule has 326 valence electrons. The Kier molecular flexibility index (Phi) is 8.38. The van der Waals surface area contributed by atoms with Crippen molar-refractivity contribution in [2.45, 2.75) is 11.8 Å². The van der Waals surface area contributed by atoms with Crippen LogP contribution in [0.4, 0.5) is 0 Å². The van der Waals surface area contributed by atoms with Gasteiger partial charge in [0, 0.05) is 66.8 Å². The van der Waals surface area contributed by atoms with E-state index in [1.54, 1.807) is 0 Å². The monoisotopic (exact) mass is 894 g/mol. The van der Waals surface area contributed by atoms with E-state index in [4.69, 9.17) is 28.8 Å². The van der Waals surface area contributed by atoms with Crippen LogP contribution in [0, 0.1) is 0 Å². The van der Waals surface area contributed by atoms with Gasteiger partial charge in [0.1, 0.15) is 22.3 Å². The average molecular weight is 895 g/mol. The Balaban J connectivity index is 0.857. The van der Waals surface area contributed by atoms with Crippen molar-refractivity contribution >= 4 is 43.9 Å². The third kappa shape index (κ3) is 6.06. The number of benzene rings is 9. The zero-order chi connectivity index (χ0) is 45.9. The molecule has 0 N–H and O–H groups in total. The summed E-state index contributed by atoms with van der Waals surface area (Å²) in [5.41, 5.74) is 21.0. The quantitative estimate of drug-likeness (QED) is 0.165. The van der Waals surface area contributed by atoms with Crippen molar-refractivity contribution in [1.29, 1.82) is 0 Å². The van der Waals surface area contributed by atoms with Crippen LogP contribution >= 0.6 is 0 Å². The largest absolute Gasteiger partial charge is 0.456 e. The van der Waals surface area contributed by atoms with Crippen LogP contribution < -0.4 is 0 Å². The summed E-state index contributed by atoms with van der Waals surface area (Å²) in [5, 5.41) is 4.31. The molecule has 4 aromatic heterocycles. The molecule has 6 nitrogen and oxygen atoms in total. The summed E-state index contributed by atoms with van der Waals surface area (Å²) in [6, 6.07) is 76.9. The van der Waals surface area contributed by atoms with E-state index in [2.05, 4.69) is 158 Å². The molecule has 2 atom stereocenters. The Morgan fingerprint density at radius 1 is 0.243 bits per heavy atom. The molecule has 9 aromatic carbocycles. The van der Waals surface area contributed by atoms with Gasteiger partial charge >= 0.3 is 0 Å². The van der Waals surface area contributed by atoms with E-state index in [1.807, 2.05) is 60.7 Å². The molecule has 0 radical (unpaired) electrons. The molecule has 0 saturated heterocycles. The van der Waals surface area contributed by atoms with E-state index in [9.17, 15) is 0 Å². The molecule has 0 amide bonds. The number of rotatable bonds is 6. The molecule has 70 heavy (non-hydrogen) atoms. The maximum absolute atomic E-state index is 6.21. The van der Waals surface area contributed by atoms with Gasteiger partial charge in [-0.1, -0.05) is 146 Å². The minimum atomic E-state index is 0.0456. The Bertz CT molecular complexity index is 3990. The fraction of sp³-hybridized carbons (Fsp3) is 0.0312. The summed E-state index contributed by atoms with van der Waals surface area (Å²) in [4.78, 5) is 21.0. The van der Waals surface area contributed by atoms with E-state index in [1.165, 1.54) is 33.4 Å².